The monoisotopic (exact) mass is 727 g/mol. The maximum absolute atomic E-state index is 5.50. The molecule has 0 amide bonds. The first-order chi connectivity index (χ1) is 28.2. The number of fused-ring (bicyclic) bond motifs is 10. The van der Waals surface area contributed by atoms with Crippen LogP contribution in [0.25, 0.3) is 55.4 Å². The van der Waals surface area contributed by atoms with Crippen molar-refractivity contribution in [2.45, 2.75) is 11.8 Å². The van der Waals surface area contributed by atoms with Gasteiger partial charge >= 0.3 is 0 Å². The molecule has 2 aliphatic rings. The second-order valence-electron chi connectivity index (χ2n) is 15.0. The third kappa shape index (κ3) is 4.99. The Morgan fingerprint density at radius 1 is 0.474 bits per heavy atom. The molecule has 0 saturated heterocycles. The number of rotatable bonds is 6. The average molecular weight is 728 g/mol. The van der Waals surface area contributed by atoms with Crippen molar-refractivity contribution in [2.24, 2.45) is 9.98 Å². The summed E-state index contributed by atoms with van der Waals surface area (Å²) < 4.78 is 2.35. The predicted octanol–water partition coefficient (Wildman–Crippen LogP) is 12.9. The minimum atomic E-state index is -0.486. The van der Waals surface area contributed by atoms with E-state index in [0.717, 1.165) is 40.1 Å². The highest BCUT2D eigenvalue weighted by Gasteiger charge is 2.52. The topological polar surface area (TPSA) is 29.6 Å². The third-order valence-corrected chi connectivity index (χ3v) is 12.1. The third-order valence-electron chi connectivity index (χ3n) is 12.1. The van der Waals surface area contributed by atoms with Crippen LogP contribution < -0.4 is 0 Å². The van der Waals surface area contributed by atoms with E-state index < -0.39 is 5.41 Å². The van der Waals surface area contributed by atoms with Crippen molar-refractivity contribution in [3.8, 4) is 27.9 Å². The van der Waals surface area contributed by atoms with Gasteiger partial charge in [-0.05, 0) is 87.5 Å². The Kier molecular flexibility index (Phi) is 7.61. The van der Waals surface area contributed by atoms with Crippen molar-refractivity contribution in [2.75, 3.05) is 0 Å². The number of hydrogen-bond acceptors (Lipinski definition) is 1. The Balaban J connectivity index is 1.02. The van der Waals surface area contributed by atoms with Crippen LogP contribution in [-0.4, -0.2) is 17.1 Å². The van der Waals surface area contributed by atoms with E-state index in [4.69, 9.17) is 4.99 Å². The van der Waals surface area contributed by atoms with Gasteiger partial charge in [0, 0.05) is 27.6 Å². The second-order valence-corrected chi connectivity index (χ2v) is 15.0. The molecule has 0 fully saturated rings. The average Bonchev–Trinajstić information content (AvgIpc) is 3.87. The van der Waals surface area contributed by atoms with Gasteiger partial charge in [0.25, 0.3) is 0 Å². The van der Waals surface area contributed by atoms with Gasteiger partial charge in [0.2, 0.25) is 0 Å². The van der Waals surface area contributed by atoms with E-state index in [0.29, 0.717) is 5.84 Å². The fourth-order valence-corrected chi connectivity index (χ4v) is 9.63. The summed E-state index contributed by atoms with van der Waals surface area (Å²) in [7, 11) is 0. The number of aliphatic imine (C=N–C) groups is 2. The van der Waals surface area contributed by atoms with Crippen LogP contribution in [0.1, 0.15) is 33.4 Å². The van der Waals surface area contributed by atoms with Gasteiger partial charge in [0.05, 0.1) is 22.1 Å². The van der Waals surface area contributed by atoms with Crippen molar-refractivity contribution in [3.63, 3.8) is 0 Å². The molecular formula is C54H37N3. The summed E-state index contributed by atoms with van der Waals surface area (Å²) in [5, 5.41) is 2.52. The Labute approximate surface area is 332 Å². The summed E-state index contributed by atoms with van der Waals surface area (Å²) >= 11 is 0. The SMILES string of the molecule is C=N/C(=N\C1=C(Cc2ccccc2)C2(c3ccccc31)c1ccccc1-c1ccccc12)c1ccc(-c2ccc(-n3c4ccccc4c4ccccc43)cc2)cc1. The Bertz CT molecular complexity index is 2990. The number of benzene rings is 8. The molecule has 0 saturated carbocycles. The first-order valence-corrected chi connectivity index (χ1v) is 19.6. The first kappa shape index (κ1) is 33.0. The zero-order chi connectivity index (χ0) is 37.9. The Hall–Kier alpha value is -7.36. The fourth-order valence-electron chi connectivity index (χ4n) is 9.63. The molecule has 268 valence electrons. The molecule has 8 aromatic carbocycles. The van der Waals surface area contributed by atoms with E-state index in [-0.39, 0.29) is 0 Å². The molecule has 0 unspecified atom stereocenters. The normalized spacial score (nSPS) is 13.9. The quantitative estimate of drug-likeness (QED) is 0.121. The molecule has 3 nitrogen and oxygen atoms in total. The predicted molar refractivity (Wildman–Crippen MR) is 238 cm³/mol. The Morgan fingerprint density at radius 3 is 1.53 bits per heavy atom. The number of aromatic nitrogens is 1. The van der Waals surface area contributed by atoms with Crippen LogP contribution in [0.4, 0.5) is 0 Å². The van der Waals surface area contributed by atoms with Gasteiger partial charge in [-0.15, -0.1) is 0 Å². The molecule has 0 atom stereocenters. The van der Waals surface area contributed by atoms with Gasteiger partial charge in [-0.25, -0.2) is 9.98 Å². The van der Waals surface area contributed by atoms with E-state index >= 15 is 0 Å². The lowest BCUT2D eigenvalue weighted by Gasteiger charge is -2.32. The molecule has 11 rings (SSSR count). The zero-order valence-electron chi connectivity index (χ0n) is 31.3. The van der Waals surface area contributed by atoms with Crippen molar-refractivity contribution in [1.29, 1.82) is 0 Å². The standard InChI is InChI=1S/C54H37N3/c1-55-53(39-29-27-37(28-30-39)38-31-33-40(34-32-38)57-50-25-13-8-19-43(50)44-20-9-14-26-51(44)57)56-52-45-21-7-12-24-48(45)54(49(52)35-36-15-3-2-4-16-36)46-22-10-5-17-41(46)42-18-6-11-23-47(42)54/h2-34H,1,35H2/b56-53-. The first-order valence-electron chi connectivity index (χ1n) is 19.6. The molecule has 1 spiro atoms. The lowest BCUT2D eigenvalue weighted by Crippen LogP contribution is -2.28. The van der Waals surface area contributed by atoms with E-state index in [1.54, 1.807) is 0 Å². The van der Waals surface area contributed by atoms with Crippen molar-refractivity contribution in [1.82, 2.24) is 4.57 Å². The lowest BCUT2D eigenvalue weighted by molar-refractivity contribution is 0.740. The number of allylic oxidation sites excluding steroid dienone is 1. The van der Waals surface area contributed by atoms with E-state index in [9.17, 15) is 0 Å². The minimum absolute atomic E-state index is 0.486. The smallest absolute Gasteiger partial charge is 0.159 e. The highest BCUT2D eigenvalue weighted by molar-refractivity contribution is 6.09. The van der Waals surface area contributed by atoms with Gasteiger partial charge in [-0.2, -0.15) is 0 Å². The molecule has 3 heteroatoms. The van der Waals surface area contributed by atoms with Crippen molar-refractivity contribution >= 4 is 40.1 Å². The van der Waals surface area contributed by atoms with Crippen LogP contribution in [0.2, 0.25) is 0 Å². The minimum Gasteiger partial charge on any atom is -0.309 e. The van der Waals surface area contributed by atoms with Crippen LogP contribution >= 0.6 is 0 Å². The van der Waals surface area contributed by atoms with Crippen LogP contribution in [0, 0.1) is 0 Å². The molecule has 1 heterocycles. The van der Waals surface area contributed by atoms with Gasteiger partial charge in [0.1, 0.15) is 0 Å². The van der Waals surface area contributed by atoms with Crippen molar-refractivity contribution < 1.29 is 0 Å². The van der Waals surface area contributed by atoms with Crippen LogP contribution in [0.15, 0.2) is 216 Å². The van der Waals surface area contributed by atoms with E-state index in [1.807, 2.05) is 0 Å². The summed E-state index contributed by atoms with van der Waals surface area (Å²) in [6.45, 7) is 4.06. The van der Waals surface area contributed by atoms with Gasteiger partial charge in [-0.3, -0.25) is 0 Å². The summed E-state index contributed by atoms with van der Waals surface area (Å²) in [5.41, 5.74) is 17.3. The zero-order valence-corrected chi connectivity index (χ0v) is 31.3. The van der Waals surface area contributed by atoms with E-state index in [2.05, 4.69) is 216 Å². The lowest BCUT2D eigenvalue weighted by atomic mass is 9.68. The molecule has 9 aromatic rings. The van der Waals surface area contributed by atoms with Gasteiger partial charge in [0.15, 0.2) is 5.84 Å². The van der Waals surface area contributed by atoms with Crippen LogP contribution in [-0.2, 0) is 11.8 Å². The fraction of sp³-hybridized carbons (Fsp3) is 0.0370. The van der Waals surface area contributed by atoms with Gasteiger partial charge in [-0.1, -0.05) is 176 Å². The maximum atomic E-state index is 5.50. The van der Waals surface area contributed by atoms with Crippen LogP contribution in [0.3, 0.4) is 0 Å². The number of amidine groups is 1. The summed E-state index contributed by atoms with van der Waals surface area (Å²) in [4.78, 5) is 10.1. The molecule has 57 heavy (non-hydrogen) atoms. The summed E-state index contributed by atoms with van der Waals surface area (Å²) in [6, 6.07) is 72.1. The Morgan fingerprint density at radius 2 is 0.947 bits per heavy atom. The molecule has 0 aliphatic heterocycles. The molecule has 0 bridgehead atoms. The molecule has 1 aromatic heterocycles. The molecule has 0 radical (unpaired) electrons. The molecular weight excluding hydrogens is 691 g/mol. The molecule has 2 aliphatic carbocycles. The van der Waals surface area contributed by atoms with Gasteiger partial charge < -0.3 is 4.57 Å². The van der Waals surface area contributed by atoms with Crippen LogP contribution in [0.5, 0.6) is 0 Å². The number of hydrogen-bond donors (Lipinski definition) is 0. The maximum Gasteiger partial charge on any atom is 0.159 e. The number of para-hydroxylation sites is 2. The second kappa shape index (κ2) is 13.1. The van der Waals surface area contributed by atoms with E-state index in [1.165, 1.54) is 60.8 Å². The molecule has 0 N–H and O–H groups in total. The summed E-state index contributed by atoms with van der Waals surface area (Å²) in [6.07, 6.45) is 0.741. The highest BCUT2D eigenvalue weighted by Crippen LogP contribution is 2.62. The number of nitrogens with zero attached hydrogens (tertiary/aromatic N) is 3. The largest absolute Gasteiger partial charge is 0.309 e. The highest BCUT2D eigenvalue weighted by atomic mass is 15.0. The van der Waals surface area contributed by atoms with Crippen molar-refractivity contribution in [3.05, 3.63) is 239 Å². The summed E-state index contributed by atoms with van der Waals surface area (Å²) in [5.74, 6) is 0.607.